The average molecular weight is 321 g/mol. The van der Waals surface area contributed by atoms with E-state index in [0.29, 0.717) is 39.6 Å². The van der Waals surface area contributed by atoms with Crippen LogP contribution in [0.1, 0.15) is 19.8 Å². The van der Waals surface area contributed by atoms with Crippen LogP contribution in [0.2, 0.25) is 0 Å². The molecule has 8 nitrogen and oxygen atoms in total. The number of rotatable bonds is 16. The van der Waals surface area contributed by atoms with Crippen molar-refractivity contribution in [1.82, 2.24) is 5.32 Å². The summed E-state index contributed by atoms with van der Waals surface area (Å²) in [5, 5.41) is 10.9. The van der Waals surface area contributed by atoms with Crippen molar-refractivity contribution in [2.24, 2.45) is 0 Å². The van der Waals surface area contributed by atoms with Crippen molar-refractivity contribution >= 4 is 11.9 Å². The third kappa shape index (κ3) is 16.8. The Morgan fingerprint density at radius 1 is 0.864 bits per heavy atom. The van der Waals surface area contributed by atoms with Gasteiger partial charge in [-0.25, -0.2) is 4.79 Å². The van der Waals surface area contributed by atoms with Gasteiger partial charge in [-0.05, 0) is 6.42 Å². The Labute approximate surface area is 131 Å². The minimum absolute atomic E-state index is 0.270. The van der Waals surface area contributed by atoms with E-state index in [0.717, 1.165) is 19.4 Å². The Hall–Kier alpha value is -1.22. The third-order valence-corrected chi connectivity index (χ3v) is 2.41. The fourth-order valence-electron chi connectivity index (χ4n) is 1.33. The summed E-state index contributed by atoms with van der Waals surface area (Å²) in [7, 11) is 0. The van der Waals surface area contributed by atoms with Crippen molar-refractivity contribution in [3.8, 4) is 0 Å². The highest BCUT2D eigenvalue weighted by Crippen LogP contribution is 1.88. The molecule has 0 atom stereocenters. The van der Waals surface area contributed by atoms with Crippen molar-refractivity contribution < 1.29 is 33.6 Å². The van der Waals surface area contributed by atoms with E-state index >= 15 is 0 Å². The van der Waals surface area contributed by atoms with Gasteiger partial charge in [0.1, 0.15) is 13.2 Å². The molecular weight excluding hydrogens is 294 g/mol. The quantitative estimate of drug-likeness (QED) is 0.387. The minimum Gasteiger partial charge on any atom is -0.480 e. The van der Waals surface area contributed by atoms with Crippen molar-refractivity contribution in [2.75, 3.05) is 59.4 Å². The van der Waals surface area contributed by atoms with E-state index < -0.39 is 12.6 Å². The molecule has 0 bridgehead atoms. The molecule has 8 heteroatoms. The number of carbonyl (C=O) groups excluding carboxylic acids is 1. The first-order valence-electron chi connectivity index (χ1n) is 7.46. The molecule has 0 heterocycles. The molecule has 0 spiro atoms. The van der Waals surface area contributed by atoms with Gasteiger partial charge in [-0.2, -0.15) is 0 Å². The van der Waals surface area contributed by atoms with Gasteiger partial charge in [0.25, 0.3) is 0 Å². The molecule has 2 N–H and O–H groups in total. The lowest BCUT2D eigenvalue weighted by Gasteiger charge is -2.07. The Balaban J connectivity index is 3.13. The Bertz CT molecular complexity index is 286. The highest BCUT2D eigenvalue weighted by Gasteiger charge is 2.02. The normalized spacial score (nSPS) is 10.6. The first-order chi connectivity index (χ1) is 10.7. The van der Waals surface area contributed by atoms with Crippen LogP contribution in [0, 0.1) is 0 Å². The number of carboxylic acids is 1. The van der Waals surface area contributed by atoms with Crippen molar-refractivity contribution in [3.05, 3.63) is 0 Å². The Morgan fingerprint density at radius 3 is 2.05 bits per heavy atom. The van der Waals surface area contributed by atoms with E-state index in [2.05, 4.69) is 17.0 Å². The smallest absolute Gasteiger partial charge is 0.329 e. The van der Waals surface area contributed by atoms with E-state index in [1.807, 2.05) is 0 Å². The van der Waals surface area contributed by atoms with E-state index in [-0.39, 0.29) is 12.5 Å². The average Bonchev–Trinajstić information content (AvgIpc) is 2.48. The fourth-order valence-corrected chi connectivity index (χ4v) is 1.33. The largest absolute Gasteiger partial charge is 0.480 e. The summed E-state index contributed by atoms with van der Waals surface area (Å²) >= 11 is 0. The van der Waals surface area contributed by atoms with E-state index in [1.165, 1.54) is 0 Å². The second-order valence-electron chi connectivity index (χ2n) is 4.43. The van der Waals surface area contributed by atoms with Crippen LogP contribution in [-0.2, 0) is 28.5 Å². The van der Waals surface area contributed by atoms with Gasteiger partial charge in [-0.15, -0.1) is 0 Å². The summed E-state index contributed by atoms with van der Waals surface area (Å²) in [5.74, 6) is -1.47. The molecule has 0 unspecified atom stereocenters. The van der Waals surface area contributed by atoms with Gasteiger partial charge < -0.3 is 29.4 Å². The Morgan fingerprint density at radius 2 is 1.45 bits per heavy atom. The molecule has 22 heavy (non-hydrogen) atoms. The number of nitrogens with one attached hydrogen (secondary N) is 1. The number of carboxylic acid groups (broad SMARTS) is 1. The third-order valence-electron chi connectivity index (χ3n) is 2.41. The zero-order valence-corrected chi connectivity index (χ0v) is 13.2. The second-order valence-corrected chi connectivity index (χ2v) is 4.43. The molecule has 0 radical (unpaired) electrons. The van der Waals surface area contributed by atoms with E-state index in [9.17, 15) is 9.59 Å². The SMILES string of the molecule is CCCCOCCOCCOCCNC(=O)COCC(=O)O. The molecule has 0 aliphatic carbocycles. The maximum Gasteiger partial charge on any atom is 0.329 e. The van der Waals surface area contributed by atoms with Crippen LogP contribution in [0.15, 0.2) is 0 Å². The van der Waals surface area contributed by atoms with Crippen LogP contribution in [0.4, 0.5) is 0 Å². The molecule has 0 aliphatic rings. The summed E-state index contributed by atoms with van der Waals surface area (Å²) in [6.45, 7) is 4.90. The molecule has 0 aliphatic heterocycles. The van der Waals surface area contributed by atoms with Gasteiger partial charge in [-0.1, -0.05) is 13.3 Å². The van der Waals surface area contributed by atoms with Crippen molar-refractivity contribution in [2.45, 2.75) is 19.8 Å². The van der Waals surface area contributed by atoms with Crippen molar-refractivity contribution in [3.63, 3.8) is 0 Å². The van der Waals surface area contributed by atoms with Crippen LogP contribution in [0.5, 0.6) is 0 Å². The number of ether oxygens (including phenoxy) is 4. The molecular formula is C14H27NO7. The zero-order chi connectivity index (χ0) is 16.5. The van der Waals surface area contributed by atoms with E-state index in [1.54, 1.807) is 0 Å². The van der Waals surface area contributed by atoms with Gasteiger partial charge in [-0.3, -0.25) is 4.79 Å². The summed E-state index contributed by atoms with van der Waals surface area (Å²) < 4.78 is 20.5. The number of unbranched alkanes of at least 4 members (excludes halogenated alkanes) is 1. The predicted octanol–water partition coefficient (Wildman–Crippen LogP) is 0.0537. The topological polar surface area (TPSA) is 103 Å². The number of amides is 1. The molecule has 0 aromatic heterocycles. The number of hydrogen-bond donors (Lipinski definition) is 2. The summed E-state index contributed by atoms with van der Waals surface area (Å²) in [6, 6.07) is 0. The summed E-state index contributed by atoms with van der Waals surface area (Å²) in [4.78, 5) is 21.3. The standard InChI is InChI=1S/C14H27NO7/c1-2-3-5-19-7-9-21-10-8-20-6-4-15-13(16)11-22-12-14(17)18/h2-12H2,1H3,(H,15,16)(H,17,18). The molecule has 0 saturated heterocycles. The minimum atomic E-state index is -1.10. The molecule has 0 saturated carbocycles. The molecule has 0 rings (SSSR count). The van der Waals surface area contributed by atoms with E-state index in [4.69, 9.17) is 19.3 Å². The van der Waals surface area contributed by atoms with Gasteiger partial charge in [0.15, 0.2) is 0 Å². The zero-order valence-electron chi connectivity index (χ0n) is 13.2. The maximum absolute atomic E-state index is 11.2. The first-order valence-corrected chi connectivity index (χ1v) is 7.46. The van der Waals surface area contributed by atoms with Crippen LogP contribution < -0.4 is 5.32 Å². The lowest BCUT2D eigenvalue weighted by Crippen LogP contribution is -2.31. The highest BCUT2D eigenvalue weighted by molar-refractivity contribution is 5.77. The molecule has 1 amide bonds. The van der Waals surface area contributed by atoms with Crippen molar-refractivity contribution in [1.29, 1.82) is 0 Å². The van der Waals surface area contributed by atoms with Gasteiger partial charge in [0.2, 0.25) is 5.91 Å². The number of carbonyl (C=O) groups is 2. The highest BCUT2D eigenvalue weighted by atomic mass is 16.5. The lowest BCUT2D eigenvalue weighted by molar-refractivity contribution is -0.143. The molecule has 130 valence electrons. The van der Waals surface area contributed by atoms with Gasteiger partial charge in [0.05, 0.1) is 33.0 Å². The van der Waals surface area contributed by atoms with Gasteiger partial charge >= 0.3 is 5.97 Å². The lowest BCUT2D eigenvalue weighted by atomic mass is 10.4. The second kappa shape index (κ2) is 16.2. The monoisotopic (exact) mass is 321 g/mol. The maximum atomic E-state index is 11.2. The fraction of sp³-hybridized carbons (Fsp3) is 0.857. The van der Waals surface area contributed by atoms with Gasteiger partial charge in [0, 0.05) is 13.2 Å². The molecule has 0 aromatic carbocycles. The van der Waals surface area contributed by atoms with Crippen LogP contribution in [-0.4, -0.2) is 76.4 Å². The van der Waals surface area contributed by atoms with Crippen LogP contribution in [0.3, 0.4) is 0 Å². The molecule has 0 fully saturated rings. The first kappa shape index (κ1) is 20.8. The number of hydrogen-bond acceptors (Lipinski definition) is 6. The predicted molar refractivity (Wildman–Crippen MR) is 78.8 cm³/mol. The Kier molecular flexibility index (Phi) is 15.3. The molecule has 0 aromatic rings. The number of aliphatic carboxylic acids is 1. The summed E-state index contributed by atoms with van der Waals surface area (Å²) in [5.41, 5.74) is 0. The van der Waals surface area contributed by atoms with Crippen LogP contribution in [0.25, 0.3) is 0 Å². The summed E-state index contributed by atoms with van der Waals surface area (Å²) in [6.07, 6.45) is 2.19. The van der Waals surface area contributed by atoms with Crippen LogP contribution >= 0.6 is 0 Å².